The summed E-state index contributed by atoms with van der Waals surface area (Å²) in [6, 6.07) is 4.02. The van der Waals surface area contributed by atoms with Crippen molar-refractivity contribution in [2.24, 2.45) is 12.5 Å². The van der Waals surface area contributed by atoms with Gasteiger partial charge in [-0.3, -0.25) is 9.08 Å². The van der Waals surface area contributed by atoms with E-state index in [0.717, 1.165) is 77.7 Å². The van der Waals surface area contributed by atoms with Crippen molar-refractivity contribution < 1.29 is 9.53 Å². The fourth-order valence-corrected chi connectivity index (χ4v) is 7.17. The molecule has 2 aliphatic heterocycles. The van der Waals surface area contributed by atoms with Crippen molar-refractivity contribution in [1.29, 1.82) is 0 Å². The molecule has 2 fully saturated rings. The summed E-state index contributed by atoms with van der Waals surface area (Å²) >= 11 is 8.32. The third-order valence-corrected chi connectivity index (χ3v) is 9.50. The Balaban J connectivity index is 1.20. The molecule has 2 saturated heterocycles. The van der Waals surface area contributed by atoms with Gasteiger partial charge >= 0.3 is 6.09 Å². The minimum absolute atomic E-state index is 0.0279. The predicted molar refractivity (Wildman–Crippen MR) is 157 cm³/mol. The smallest absolute Gasteiger partial charge is 0.407 e. The molecule has 1 amide bonds. The standard InChI is InChI=1S/C28H35ClN8O2S/c1-27(2,3)39-26(38)33-22-16-30-10-7-28(22)8-12-36(13-9-28)25-32-15-21(24-31-11-14-37(24)25)40-20-6-5-19-18(23(20)29)17-35(4)34-19/h5-6,11,14-15,17,22,30H,7-10,12-13,16H2,1-4H3,(H,33,38). The maximum atomic E-state index is 12.6. The number of nitrogens with zero attached hydrogens (tertiary/aromatic N) is 6. The van der Waals surface area contributed by atoms with Gasteiger partial charge in [-0.2, -0.15) is 5.10 Å². The van der Waals surface area contributed by atoms with E-state index in [2.05, 4.69) is 30.0 Å². The molecule has 10 nitrogen and oxygen atoms in total. The number of ether oxygens (including phenoxy) is 1. The number of carbonyl (C=O) groups is 1. The largest absolute Gasteiger partial charge is 0.444 e. The van der Waals surface area contributed by atoms with Crippen LogP contribution < -0.4 is 15.5 Å². The minimum atomic E-state index is -0.522. The summed E-state index contributed by atoms with van der Waals surface area (Å²) < 4.78 is 9.40. The predicted octanol–water partition coefficient (Wildman–Crippen LogP) is 4.89. The fraction of sp³-hybridized carbons (Fsp3) is 0.500. The molecule has 2 aliphatic rings. The molecule has 2 N–H and O–H groups in total. The summed E-state index contributed by atoms with van der Waals surface area (Å²) in [7, 11) is 1.89. The summed E-state index contributed by atoms with van der Waals surface area (Å²) in [5, 5.41) is 12.7. The number of aryl methyl sites for hydroxylation is 1. The highest BCUT2D eigenvalue weighted by molar-refractivity contribution is 7.99. The quantitative estimate of drug-likeness (QED) is 0.351. The minimum Gasteiger partial charge on any atom is -0.444 e. The van der Waals surface area contributed by atoms with Crippen molar-refractivity contribution in [2.45, 2.75) is 61.5 Å². The maximum absolute atomic E-state index is 12.6. The molecule has 0 bridgehead atoms. The van der Waals surface area contributed by atoms with Gasteiger partial charge in [-0.1, -0.05) is 23.4 Å². The summed E-state index contributed by atoms with van der Waals surface area (Å²) in [5.74, 6) is 0.881. The number of hydrogen-bond acceptors (Lipinski definition) is 8. The number of alkyl carbamates (subject to hydrolysis) is 1. The molecule has 0 saturated carbocycles. The van der Waals surface area contributed by atoms with Gasteiger partial charge in [0.25, 0.3) is 0 Å². The Morgan fingerprint density at radius 1 is 1.20 bits per heavy atom. The van der Waals surface area contributed by atoms with Crippen LogP contribution in [-0.4, -0.2) is 68.1 Å². The van der Waals surface area contributed by atoms with Crippen LogP contribution in [0.25, 0.3) is 16.6 Å². The van der Waals surface area contributed by atoms with E-state index in [1.54, 1.807) is 16.4 Å². The molecule has 5 heterocycles. The lowest BCUT2D eigenvalue weighted by Gasteiger charge is -2.49. The SMILES string of the molecule is Cn1cc2c(Cl)c(Sc3cnc(N4CCC5(CCNCC5NC(=O)OC(C)(C)C)CC4)n4ccnc34)ccc2n1. The van der Waals surface area contributed by atoms with E-state index in [4.69, 9.17) is 21.3 Å². The molecule has 4 aromatic rings. The second kappa shape index (κ2) is 10.4. The highest BCUT2D eigenvalue weighted by Crippen LogP contribution is 2.42. The lowest BCUT2D eigenvalue weighted by molar-refractivity contribution is 0.0358. The number of imidazole rings is 1. The number of halogens is 1. The number of carbonyl (C=O) groups excluding carboxylic acids is 1. The van der Waals surface area contributed by atoms with E-state index >= 15 is 0 Å². The molecule has 6 rings (SSSR count). The van der Waals surface area contributed by atoms with E-state index in [1.165, 1.54) is 0 Å². The van der Waals surface area contributed by atoms with Crippen LogP contribution in [0.4, 0.5) is 10.7 Å². The molecule has 0 radical (unpaired) electrons. The van der Waals surface area contributed by atoms with Gasteiger partial charge in [0, 0.05) is 61.8 Å². The van der Waals surface area contributed by atoms with Crippen molar-refractivity contribution >= 4 is 52.0 Å². The summed E-state index contributed by atoms with van der Waals surface area (Å²) in [5.41, 5.74) is 1.23. The Labute approximate surface area is 242 Å². The van der Waals surface area contributed by atoms with Gasteiger partial charge in [-0.25, -0.2) is 14.8 Å². The molecule has 12 heteroatoms. The molecular formula is C28H35ClN8O2S. The number of piperidine rings is 2. The van der Waals surface area contributed by atoms with Crippen LogP contribution in [0.15, 0.2) is 46.7 Å². The zero-order valence-corrected chi connectivity index (χ0v) is 24.8. The van der Waals surface area contributed by atoms with Gasteiger partial charge in [0.15, 0.2) is 5.65 Å². The Morgan fingerprint density at radius 3 is 2.77 bits per heavy atom. The Hall–Kier alpha value is -3.02. The average molecular weight is 583 g/mol. The fourth-order valence-electron chi connectivity index (χ4n) is 5.92. The van der Waals surface area contributed by atoms with Crippen LogP contribution >= 0.6 is 23.4 Å². The summed E-state index contributed by atoms with van der Waals surface area (Å²) in [6.07, 6.45) is 10.2. The third-order valence-electron chi connectivity index (χ3n) is 7.92. The maximum Gasteiger partial charge on any atom is 0.407 e. The van der Waals surface area contributed by atoms with Gasteiger partial charge in [-0.15, -0.1) is 0 Å². The van der Waals surface area contributed by atoms with Crippen LogP contribution in [0.1, 0.15) is 40.0 Å². The molecule has 40 heavy (non-hydrogen) atoms. The Kier molecular flexibility index (Phi) is 7.08. The van der Waals surface area contributed by atoms with Crippen LogP contribution in [0, 0.1) is 5.41 Å². The van der Waals surface area contributed by atoms with E-state index in [0.29, 0.717) is 5.02 Å². The first kappa shape index (κ1) is 27.2. The molecule has 1 aromatic carbocycles. The number of aromatic nitrogens is 5. The van der Waals surface area contributed by atoms with Crippen LogP contribution in [0.3, 0.4) is 0 Å². The molecule has 1 unspecified atom stereocenters. The summed E-state index contributed by atoms with van der Waals surface area (Å²) in [6.45, 7) is 9.08. The molecule has 212 valence electrons. The molecule has 1 atom stereocenters. The topological polar surface area (TPSA) is 102 Å². The van der Waals surface area contributed by atoms with Crippen molar-refractivity contribution in [3.8, 4) is 0 Å². The lowest BCUT2D eigenvalue weighted by Crippen LogP contribution is -2.61. The number of benzene rings is 1. The van der Waals surface area contributed by atoms with Crippen molar-refractivity contribution in [3.63, 3.8) is 0 Å². The number of fused-ring (bicyclic) bond motifs is 2. The second-order valence-corrected chi connectivity index (χ2v) is 13.2. The number of anilines is 1. The van der Waals surface area contributed by atoms with E-state index < -0.39 is 5.60 Å². The van der Waals surface area contributed by atoms with E-state index in [1.807, 2.05) is 64.7 Å². The zero-order chi connectivity index (χ0) is 28.1. The normalized spacial score (nSPS) is 19.4. The zero-order valence-electron chi connectivity index (χ0n) is 23.3. The Morgan fingerprint density at radius 2 is 2.00 bits per heavy atom. The molecule has 3 aromatic heterocycles. The molecule has 1 spiro atoms. The second-order valence-electron chi connectivity index (χ2n) is 11.8. The van der Waals surface area contributed by atoms with Gasteiger partial charge in [0.05, 0.1) is 21.5 Å². The molecule has 0 aliphatic carbocycles. The number of hydrogen-bond donors (Lipinski definition) is 2. The molecular weight excluding hydrogens is 548 g/mol. The highest BCUT2D eigenvalue weighted by Gasteiger charge is 2.44. The average Bonchev–Trinajstić information content (AvgIpc) is 3.54. The summed E-state index contributed by atoms with van der Waals surface area (Å²) in [4.78, 5) is 26.4. The van der Waals surface area contributed by atoms with Crippen molar-refractivity contribution in [2.75, 3.05) is 31.1 Å². The first-order chi connectivity index (χ1) is 19.1. The van der Waals surface area contributed by atoms with Gasteiger partial charge in [0.2, 0.25) is 5.95 Å². The third kappa shape index (κ3) is 5.22. The van der Waals surface area contributed by atoms with E-state index in [9.17, 15) is 4.79 Å². The lowest BCUT2D eigenvalue weighted by atomic mass is 9.68. The number of rotatable bonds is 4. The van der Waals surface area contributed by atoms with Gasteiger partial charge < -0.3 is 20.3 Å². The monoisotopic (exact) mass is 582 g/mol. The van der Waals surface area contributed by atoms with Gasteiger partial charge in [0.1, 0.15) is 5.60 Å². The number of amides is 1. The van der Waals surface area contributed by atoms with Crippen LogP contribution in [-0.2, 0) is 11.8 Å². The van der Waals surface area contributed by atoms with Crippen molar-refractivity contribution in [3.05, 3.63) is 41.9 Å². The Bertz CT molecular complexity index is 1550. The first-order valence-electron chi connectivity index (χ1n) is 13.7. The van der Waals surface area contributed by atoms with Crippen molar-refractivity contribution in [1.82, 2.24) is 34.8 Å². The van der Waals surface area contributed by atoms with E-state index in [-0.39, 0.29) is 17.6 Å². The first-order valence-corrected chi connectivity index (χ1v) is 14.9. The number of nitrogens with one attached hydrogen (secondary N) is 2. The highest BCUT2D eigenvalue weighted by atomic mass is 35.5. The van der Waals surface area contributed by atoms with Crippen LogP contribution in [0.5, 0.6) is 0 Å². The van der Waals surface area contributed by atoms with Crippen LogP contribution in [0.2, 0.25) is 5.02 Å². The van der Waals surface area contributed by atoms with Gasteiger partial charge in [-0.05, 0) is 64.1 Å².